The Bertz CT molecular complexity index is 624. The Morgan fingerprint density at radius 3 is 2.16 bits per heavy atom. The molecule has 2 aromatic carbocycles. The van der Waals surface area contributed by atoms with Crippen LogP contribution >= 0.6 is 0 Å². The minimum atomic E-state index is 0.200. The molecule has 1 nitrogen and oxygen atoms in total. The first-order valence-corrected chi connectivity index (χ1v) is 6.64. The summed E-state index contributed by atoms with van der Waals surface area (Å²) in [5.41, 5.74) is 6.62. The molecule has 0 spiro atoms. The van der Waals surface area contributed by atoms with Crippen LogP contribution in [0.2, 0.25) is 0 Å². The number of aryl methyl sites for hydroxylation is 4. The summed E-state index contributed by atoms with van der Waals surface area (Å²) in [4.78, 5) is 12.4. The Morgan fingerprint density at radius 1 is 0.842 bits per heavy atom. The number of hydrogen-bond donors (Lipinski definition) is 0. The molecular formula is C18H20O. The van der Waals surface area contributed by atoms with Gasteiger partial charge in [-0.25, -0.2) is 0 Å². The maximum absolute atomic E-state index is 12.4. The van der Waals surface area contributed by atoms with E-state index in [1.807, 2.05) is 26.0 Å². The van der Waals surface area contributed by atoms with Crippen molar-refractivity contribution in [1.82, 2.24) is 0 Å². The van der Waals surface area contributed by atoms with Crippen molar-refractivity contribution in [3.05, 3.63) is 69.8 Å². The van der Waals surface area contributed by atoms with Gasteiger partial charge >= 0.3 is 0 Å². The molecule has 0 atom stereocenters. The zero-order valence-corrected chi connectivity index (χ0v) is 12.1. The smallest absolute Gasteiger partial charge is 0.167 e. The van der Waals surface area contributed by atoms with Crippen LogP contribution in [0.15, 0.2) is 36.4 Å². The lowest BCUT2D eigenvalue weighted by Gasteiger charge is -2.09. The lowest BCUT2D eigenvalue weighted by Crippen LogP contribution is -2.07. The van der Waals surface area contributed by atoms with Crippen molar-refractivity contribution >= 4 is 5.78 Å². The van der Waals surface area contributed by atoms with Crippen molar-refractivity contribution in [3.63, 3.8) is 0 Å². The quantitative estimate of drug-likeness (QED) is 0.742. The number of ketones is 1. The van der Waals surface area contributed by atoms with Crippen molar-refractivity contribution in [2.24, 2.45) is 0 Å². The number of rotatable bonds is 3. The van der Waals surface area contributed by atoms with E-state index < -0.39 is 0 Å². The molecule has 2 aromatic rings. The van der Waals surface area contributed by atoms with E-state index in [4.69, 9.17) is 0 Å². The molecule has 0 heterocycles. The van der Waals surface area contributed by atoms with Crippen LogP contribution in [0.5, 0.6) is 0 Å². The third-order valence-electron chi connectivity index (χ3n) is 3.54. The third-order valence-corrected chi connectivity index (χ3v) is 3.54. The van der Waals surface area contributed by atoms with Gasteiger partial charge in [0.1, 0.15) is 0 Å². The predicted octanol–water partition coefficient (Wildman–Crippen LogP) is 4.35. The Balaban J connectivity index is 2.28. The zero-order chi connectivity index (χ0) is 14.0. The van der Waals surface area contributed by atoms with Crippen LogP contribution in [0.4, 0.5) is 0 Å². The van der Waals surface area contributed by atoms with Crippen molar-refractivity contribution in [2.45, 2.75) is 34.1 Å². The standard InChI is InChI=1S/C18H20O/c1-12-6-8-17(15(4)9-12)18(19)11-16-10-13(2)5-7-14(16)3/h5-10H,11H2,1-4H3. The first-order valence-electron chi connectivity index (χ1n) is 6.64. The molecule has 0 aliphatic heterocycles. The largest absolute Gasteiger partial charge is 0.294 e. The third kappa shape index (κ3) is 3.11. The predicted molar refractivity (Wildman–Crippen MR) is 79.9 cm³/mol. The Morgan fingerprint density at radius 2 is 1.47 bits per heavy atom. The molecule has 0 amide bonds. The van der Waals surface area contributed by atoms with Crippen molar-refractivity contribution in [3.8, 4) is 0 Å². The lowest BCUT2D eigenvalue weighted by atomic mass is 9.95. The van der Waals surface area contributed by atoms with Crippen LogP contribution in [0.3, 0.4) is 0 Å². The van der Waals surface area contributed by atoms with Crippen LogP contribution in [-0.2, 0) is 6.42 Å². The molecule has 2 rings (SSSR count). The van der Waals surface area contributed by atoms with Crippen molar-refractivity contribution in [1.29, 1.82) is 0 Å². The summed E-state index contributed by atoms with van der Waals surface area (Å²) in [7, 11) is 0. The zero-order valence-electron chi connectivity index (χ0n) is 12.1. The highest BCUT2D eigenvalue weighted by Gasteiger charge is 2.11. The molecule has 0 aliphatic rings. The van der Waals surface area contributed by atoms with Gasteiger partial charge in [0, 0.05) is 12.0 Å². The SMILES string of the molecule is Cc1ccc(C(=O)Cc2cc(C)ccc2C)c(C)c1. The summed E-state index contributed by atoms with van der Waals surface area (Å²) in [6.45, 7) is 8.17. The van der Waals surface area contributed by atoms with Crippen LogP contribution in [0.25, 0.3) is 0 Å². The first kappa shape index (κ1) is 13.5. The van der Waals surface area contributed by atoms with E-state index in [2.05, 4.69) is 38.1 Å². The normalized spacial score (nSPS) is 10.5. The molecule has 0 aliphatic carbocycles. The number of carbonyl (C=O) groups excluding carboxylic acids is 1. The van der Waals surface area contributed by atoms with Crippen LogP contribution in [0.1, 0.15) is 38.2 Å². The molecule has 0 N–H and O–H groups in total. The van der Waals surface area contributed by atoms with Gasteiger partial charge in [-0.15, -0.1) is 0 Å². The van der Waals surface area contributed by atoms with Gasteiger partial charge in [0.15, 0.2) is 5.78 Å². The van der Waals surface area contributed by atoms with Crippen molar-refractivity contribution in [2.75, 3.05) is 0 Å². The van der Waals surface area contributed by atoms with Gasteiger partial charge in [-0.05, 0) is 44.4 Å². The first-order chi connectivity index (χ1) is 8.97. The fraction of sp³-hybridized carbons (Fsp3) is 0.278. The maximum atomic E-state index is 12.4. The van der Waals surface area contributed by atoms with Gasteiger partial charge in [0.05, 0.1) is 0 Å². The molecule has 0 radical (unpaired) electrons. The molecule has 0 aromatic heterocycles. The number of hydrogen-bond acceptors (Lipinski definition) is 1. The topological polar surface area (TPSA) is 17.1 Å². The molecular weight excluding hydrogens is 232 g/mol. The Labute approximate surface area is 115 Å². The molecule has 0 bridgehead atoms. The van der Waals surface area contributed by atoms with Gasteiger partial charge in [-0.3, -0.25) is 4.79 Å². The molecule has 0 fully saturated rings. The molecule has 0 saturated heterocycles. The number of benzene rings is 2. The van der Waals surface area contributed by atoms with Crippen LogP contribution in [-0.4, -0.2) is 5.78 Å². The lowest BCUT2D eigenvalue weighted by molar-refractivity contribution is 0.0992. The molecule has 0 unspecified atom stereocenters. The second kappa shape index (κ2) is 5.40. The van der Waals surface area contributed by atoms with E-state index in [1.54, 1.807) is 0 Å². The van der Waals surface area contributed by atoms with E-state index >= 15 is 0 Å². The van der Waals surface area contributed by atoms with E-state index in [0.717, 1.165) is 16.7 Å². The van der Waals surface area contributed by atoms with E-state index in [1.165, 1.54) is 16.7 Å². The van der Waals surface area contributed by atoms with Gasteiger partial charge in [-0.1, -0.05) is 47.5 Å². The van der Waals surface area contributed by atoms with E-state index in [-0.39, 0.29) is 5.78 Å². The number of Topliss-reactive ketones (excluding diaryl/α,β-unsaturated/α-hetero) is 1. The summed E-state index contributed by atoms with van der Waals surface area (Å²) >= 11 is 0. The summed E-state index contributed by atoms with van der Waals surface area (Å²) in [6, 6.07) is 12.3. The monoisotopic (exact) mass is 252 g/mol. The molecule has 0 saturated carbocycles. The minimum Gasteiger partial charge on any atom is -0.294 e. The maximum Gasteiger partial charge on any atom is 0.167 e. The summed E-state index contributed by atoms with van der Waals surface area (Å²) in [5, 5.41) is 0. The summed E-state index contributed by atoms with van der Waals surface area (Å²) in [5.74, 6) is 0.200. The van der Waals surface area contributed by atoms with E-state index in [9.17, 15) is 4.79 Å². The second-order valence-electron chi connectivity index (χ2n) is 5.35. The van der Waals surface area contributed by atoms with Gasteiger partial charge in [0.25, 0.3) is 0 Å². The van der Waals surface area contributed by atoms with Gasteiger partial charge in [0.2, 0.25) is 0 Å². The highest BCUT2D eigenvalue weighted by Crippen LogP contribution is 2.17. The van der Waals surface area contributed by atoms with E-state index in [0.29, 0.717) is 6.42 Å². The molecule has 1 heteroatoms. The highest BCUT2D eigenvalue weighted by atomic mass is 16.1. The fourth-order valence-corrected chi connectivity index (χ4v) is 2.39. The molecule has 19 heavy (non-hydrogen) atoms. The van der Waals surface area contributed by atoms with Crippen LogP contribution < -0.4 is 0 Å². The van der Waals surface area contributed by atoms with Gasteiger partial charge < -0.3 is 0 Å². The summed E-state index contributed by atoms with van der Waals surface area (Å²) in [6.07, 6.45) is 0.484. The number of carbonyl (C=O) groups is 1. The fourth-order valence-electron chi connectivity index (χ4n) is 2.39. The van der Waals surface area contributed by atoms with Crippen molar-refractivity contribution < 1.29 is 4.79 Å². The Hall–Kier alpha value is -1.89. The molecule has 98 valence electrons. The van der Waals surface area contributed by atoms with Gasteiger partial charge in [-0.2, -0.15) is 0 Å². The second-order valence-corrected chi connectivity index (χ2v) is 5.35. The minimum absolute atomic E-state index is 0.200. The summed E-state index contributed by atoms with van der Waals surface area (Å²) < 4.78 is 0. The average Bonchev–Trinajstić information content (AvgIpc) is 2.33. The van der Waals surface area contributed by atoms with Crippen LogP contribution in [0, 0.1) is 27.7 Å². The average molecular weight is 252 g/mol. The highest BCUT2D eigenvalue weighted by molar-refractivity contribution is 5.99. The Kier molecular flexibility index (Phi) is 3.84.